The Morgan fingerprint density at radius 3 is 2.71 bits per heavy atom. The van der Waals surface area contributed by atoms with Crippen molar-refractivity contribution in [2.75, 3.05) is 51.3 Å². The van der Waals surface area contributed by atoms with Crippen molar-refractivity contribution in [3.05, 3.63) is 51.8 Å². The molecule has 7 heteroatoms. The van der Waals surface area contributed by atoms with Gasteiger partial charge in [-0.25, -0.2) is 0 Å². The smallest absolute Gasteiger partial charge is 0.256 e. The zero-order valence-corrected chi connectivity index (χ0v) is 18.1. The Labute approximate surface area is 182 Å². The van der Waals surface area contributed by atoms with Crippen LogP contribution < -0.4 is 5.32 Å². The lowest BCUT2D eigenvalue weighted by Crippen LogP contribution is -2.45. The summed E-state index contributed by atoms with van der Waals surface area (Å²) in [6.45, 7) is 9.70. The molecule has 31 heavy (non-hydrogen) atoms. The minimum atomic E-state index is -0.106. The molecule has 0 spiro atoms. The highest BCUT2D eigenvalue weighted by Gasteiger charge is 2.30. The largest absolute Gasteiger partial charge is 0.379 e. The number of H-pyrrole nitrogens is 1. The highest BCUT2D eigenvalue weighted by Crippen LogP contribution is 2.35. The molecule has 2 N–H and O–H groups in total. The summed E-state index contributed by atoms with van der Waals surface area (Å²) in [6, 6.07) is 5.95. The first-order chi connectivity index (χ1) is 15.0. The predicted octanol–water partition coefficient (Wildman–Crippen LogP) is 2.45. The molecule has 0 unspecified atom stereocenters. The van der Waals surface area contributed by atoms with Crippen LogP contribution in [-0.2, 0) is 16.0 Å². The lowest BCUT2D eigenvalue weighted by Gasteiger charge is -2.32. The first kappa shape index (κ1) is 20.0. The number of nitrogens with one attached hydrogen (secondary N) is 2. The molecule has 2 aromatic rings. The van der Waals surface area contributed by atoms with Crippen LogP contribution in [0.5, 0.6) is 0 Å². The Bertz CT molecular complexity index is 1080. The molecule has 3 aliphatic heterocycles. The first-order valence-electron chi connectivity index (χ1n) is 11.0. The van der Waals surface area contributed by atoms with Gasteiger partial charge in [-0.2, -0.15) is 0 Å². The van der Waals surface area contributed by atoms with E-state index in [-0.39, 0.29) is 11.8 Å². The zero-order valence-electron chi connectivity index (χ0n) is 18.1. The number of aryl methyl sites for hydroxylation is 1. The summed E-state index contributed by atoms with van der Waals surface area (Å²) in [6.07, 6.45) is 2.69. The summed E-state index contributed by atoms with van der Waals surface area (Å²) in [5, 5.41) is 2.93. The summed E-state index contributed by atoms with van der Waals surface area (Å²) in [5.74, 6) is -0.0222. The average molecular weight is 421 g/mol. The fraction of sp³-hybridized carbons (Fsp3) is 0.417. The standard InChI is InChI=1S/C24H28N4O3/c1-15-3-4-19-17(13-15)18(23(29)26-19)14-21-16(2)22-20(25-21)5-6-28(24(22)30)8-7-27-9-11-31-12-10-27/h3-4,13-14,25H,5-12H2,1-2H3,(H,26,29)/b18-14-. The van der Waals surface area contributed by atoms with Crippen molar-refractivity contribution in [1.82, 2.24) is 14.8 Å². The molecular formula is C24H28N4O3. The average Bonchev–Trinajstić information content (AvgIpc) is 3.25. The SMILES string of the molecule is Cc1ccc2c(c1)/C(=C/c1[nH]c3c(c1C)C(=O)N(CCN1CCOCC1)CC3)C(=O)N2. The number of fused-ring (bicyclic) bond motifs is 2. The lowest BCUT2D eigenvalue weighted by atomic mass is 10.0. The molecule has 3 aliphatic rings. The quantitative estimate of drug-likeness (QED) is 0.745. The maximum atomic E-state index is 13.2. The molecule has 162 valence electrons. The second-order valence-corrected chi connectivity index (χ2v) is 8.57. The Morgan fingerprint density at radius 1 is 1.10 bits per heavy atom. The highest BCUT2D eigenvalue weighted by molar-refractivity contribution is 6.35. The van der Waals surface area contributed by atoms with Crippen molar-refractivity contribution in [3.8, 4) is 0 Å². The van der Waals surface area contributed by atoms with Crippen LogP contribution in [0.15, 0.2) is 18.2 Å². The summed E-state index contributed by atoms with van der Waals surface area (Å²) >= 11 is 0. The van der Waals surface area contributed by atoms with Crippen LogP contribution in [0.1, 0.15) is 38.4 Å². The Balaban J connectivity index is 1.39. The molecule has 1 aromatic heterocycles. The number of hydrogen-bond donors (Lipinski definition) is 2. The number of ether oxygens (including phenoxy) is 1. The van der Waals surface area contributed by atoms with Crippen molar-refractivity contribution in [3.63, 3.8) is 0 Å². The Kier molecular flexibility index (Phi) is 5.16. The fourth-order valence-electron chi connectivity index (χ4n) is 4.70. The van der Waals surface area contributed by atoms with E-state index >= 15 is 0 Å². The number of morpholine rings is 1. The van der Waals surface area contributed by atoms with Crippen molar-refractivity contribution >= 4 is 29.2 Å². The summed E-state index contributed by atoms with van der Waals surface area (Å²) in [5.41, 5.74) is 6.98. The number of anilines is 1. The highest BCUT2D eigenvalue weighted by atomic mass is 16.5. The van der Waals surface area contributed by atoms with Gasteiger partial charge in [0.15, 0.2) is 0 Å². The molecule has 1 aromatic carbocycles. The molecule has 4 heterocycles. The molecule has 1 saturated heterocycles. The maximum absolute atomic E-state index is 13.2. The van der Waals surface area contributed by atoms with Gasteiger partial charge in [-0.1, -0.05) is 11.6 Å². The Hall–Kier alpha value is -2.90. The topological polar surface area (TPSA) is 77.7 Å². The van der Waals surface area contributed by atoms with Gasteiger partial charge in [0.05, 0.1) is 24.4 Å². The van der Waals surface area contributed by atoms with Gasteiger partial charge in [0.1, 0.15) is 0 Å². The van der Waals surface area contributed by atoms with Crippen LogP contribution in [0.2, 0.25) is 0 Å². The second kappa shape index (κ2) is 7.98. The summed E-state index contributed by atoms with van der Waals surface area (Å²) in [4.78, 5) is 33.5. The molecular weight excluding hydrogens is 392 g/mol. The van der Waals surface area contributed by atoms with Crippen LogP contribution in [0.4, 0.5) is 5.69 Å². The Morgan fingerprint density at radius 2 is 1.90 bits per heavy atom. The van der Waals surface area contributed by atoms with E-state index in [2.05, 4.69) is 15.2 Å². The number of benzene rings is 1. The van der Waals surface area contributed by atoms with Gasteiger partial charge in [0.2, 0.25) is 0 Å². The fourth-order valence-corrected chi connectivity index (χ4v) is 4.70. The number of hydrogen-bond acceptors (Lipinski definition) is 4. The molecule has 2 amide bonds. The van der Waals surface area contributed by atoms with E-state index in [4.69, 9.17) is 4.74 Å². The molecule has 0 aliphatic carbocycles. The molecule has 1 fully saturated rings. The van der Waals surface area contributed by atoms with Crippen LogP contribution in [0.3, 0.4) is 0 Å². The number of carbonyl (C=O) groups is 2. The lowest BCUT2D eigenvalue weighted by molar-refractivity contribution is -0.110. The van der Waals surface area contributed by atoms with E-state index in [1.54, 1.807) is 0 Å². The third kappa shape index (κ3) is 3.68. The molecule has 0 bridgehead atoms. The monoisotopic (exact) mass is 420 g/mol. The number of aromatic nitrogens is 1. The van der Waals surface area contributed by atoms with Crippen molar-refractivity contribution < 1.29 is 14.3 Å². The van der Waals surface area contributed by atoms with Crippen molar-refractivity contribution in [2.24, 2.45) is 0 Å². The van der Waals surface area contributed by atoms with Gasteiger partial charge < -0.3 is 19.9 Å². The minimum absolute atomic E-state index is 0.0834. The van der Waals surface area contributed by atoms with E-state index in [1.807, 2.05) is 43.0 Å². The third-order valence-electron chi connectivity index (χ3n) is 6.54. The van der Waals surface area contributed by atoms with Crippen molar-refractivity contribution in [1.29, 1.82) is 0 Å². The van der Waals surface area contributed by atoms with Gasteiger partial charge in [-0.3, -0.25) is 14.5 Å². The number of amides is 2. The normalized spacial score (nSPS) is 20.2. The van der Waals surface area contributed by atoms with E-state index in [9.17, 15) is 9.59 Å². The van der Waals surface area contributed by atoms with Gasteiger partial charge in [0, 0.05) is 61.8 Å². The van der Waals surface area contributed by atoms with Crippen molar-refractivity contribution in [2.45, 2.75) is 20.3 Å². The predicted molar refractivity (Wildman–Crippen MR) is 120 cm³/mol. The molecule has 0 saturated carbocycles. The zero-order chi connectivity index (χ0) is 21.5. The van der Waals surface area contributed by atoms with Gasteiger partial charge in [0.25, 0.3) is 11.8 Å². The maximum Gasteiger partial charge on any atom is 0.256 e. The van der Waals surface area contributed by atoms with E-state index in [0.29, 0.717) is 12.1 Å². The number of rotatable bonds is 4. The summed E-state index contributed by atoms with van der Waals surface area (Å²) < 4.78 is 5.41. The van der Waals surface area contributed by atoms with Crippen LogP contribution >= 0.6 is 0 Å². The van der Waals surface area contributed by atoms with Crippen LogP contribution in [0, 0.1) is 13.8 Å². The van der Waals surface area contributed by atoms with Gasteiger partial charge in [-0.05, 0) is 37.6 Å². The third-order valence-corrected chi connectivity index (χ3v) is 6.54. The van der Waals surface area contributed by atoms with E-state index in [0.717, 1.165) is 85.1 Å². The molecule has 0 radical (unpaired) electrons. The first-order valence-corrected chi connectivity index (χ1v) is 11.0. The molecule has 0 atom stereocenters. The number of carbonyl (C=O) groups excluding carboxylic acids is 2. The van der Waals surface area contributed by atoms with Crippen LogP contribution in [-0.4, -0.2) is 72.5 Å². The van der Waals surface area contributed by atoms with Gasteiger partial charge >= 0.3 is 0 Å². The van der Waals surface area contributed by atoms with E-state index < -0.39 is 0 Å². The molecule has 7 nitrogen and oxygen atoms in total. The molecule has 5 rings (SSSR count). The minimum Gasteiger partial charge on any atom is -0.379 e. The van der Waals surface area contributed by atoms with E-state index in [1.165, 1.54) is 0 Å². The summed E-state index contributed by atoms with van der Waals surface area (Å²) in [7, 11) is 0. The number of aromatic amines is 1. The number of nitrogens with zero attached hydrogens (tertiary/aromatic N) is 2. The van der Waals surface area contributed by atoms with Crippen LogP contribution in [0.25, 0.3) is 11.6 Å². The second-order valence-electron chi connectivity index (χ2n) is 8.57. The van der Waals surface area contributed by atoms with Gasteiger partial charge in [-0.15, -0.1) is 0 Å².